The van der Waals surface area contributed by atoms with Crippen molar-refractivity contribution >= 4 is 23.2 Å². The Hall–Kier alpha value is -3.42. The molecular weight excluding hydrogens is 374 g/mol. The molecule has 1 aliphatic rings. The number of hydrogen-bond acceptors (Lipinski definition) is 5. The van der Waals surface area contributed by atoms with Crippen molar-refractivity contribution in [3.05, 3.63) is 64.2 Å². The van der Waals surface area contributed by atoms with Gasteiger partial charge in [-0.2, -0.15) is 0 Å². The van der Waals surface area contributed by atoms with E-state index in [2.05, 4.69) is 0 Å². The zero-order chi connectivity index (χ0) is 21.1. The standard InChI is InChI=1S/C21H23N3O5/c1-14(2)20-21(26)23(17-11-16(24(27)28)9-10-18(17)29-20)13-19(25)22(3)12-15-7-5-4-6-8-15/h4-11,14,20H,12-13H2,1-3H3. The van der Waals surface area contributed by atoms with Crippen LogP contribution in [0.25, 0.3) is 0 Å². The summed E-state index contributed by atoms with van der Waals surface area (Å²) in [5.74, 6) is -0.420. The molecule has 0 radical (unpaired) electrons. The number of likely N-dealkylation sites (N-methyl/N-ethyl adjacent to an activating group) is 1. The van der Waals surface area contributed by atoms with Crippen molar-refractivity contribution in [2.24, 2.45) is 5.92 Å². The van der Waals surface area contributed by atoms with E-state index >= 15 is 0 Å². The van der Waals surface area contributed by atoms with Crippen molar-refractivity contribution in [2.75, 3.05) is 18.5 Å². The van der Waals surface area contributed by atoms with Gasteiger partial charge in [0.2, 0.25) is 5.91 Å². The molecule has 152 valence electrons. The third-order valence-electron chi connectivity index (χ3n) is 4.79. The van der Waals surface area contributed by atoms with Gasteiger partial charge in [0.1, 0.15) is 12.3 Å². The lowest BCUT2D eigenvalue weighted by atomic mass is 10.0. The fourth-order valence-corrected chi connectivity index (χ4v) is 3.18. The Morgan fingerprint density at radius 3 is 2.55 bits per heavy atom. The van der Waals surface area contributed by atoms with Crippen molar-refractivity contribution in [3.63, 3.8) is 0 Å². The maximum atomic E-state index is 13.0. The monoisotopic (exact) mass is 397 g/mol. The van der Waals surface area contributed by atoms with Crippen LogP contribution in [0, 0.1) is 16.0 Å². The van der Waals surface area contributed by atoms with Crippen molar-refractivity contribution in [1.29, 1.82) is 0 Å². The second kappa shape index (κ2) is 8.30. The minimum Gasteiger partial charge on any atom is -0.478 e. The molecule has 8 nitrogen and oxygen atoms in total. The molecule has 0 spiro atoms. The van der Waals surface area contributed by atoms with E-state index in [1.807, 2.05) is 44.2 Å². The van der Waals surface area contributed by atoms with Crippen LogP contribution in [0.15, 0.2) is 48.5 Å². The summed E-state index contributed by atoms with van der Waals surface area (Å²) in [5.41, 5.74) is 1.04. The number of amides is 2. The quantitative estimate of drug-likeness (QED) is 0.552. The Bertz CT molecular complexity index is 929. The van der Waals surface area contributed by atoms with E-state index in [1.165, 1.54) is 28.0 Å². The van der Waals surface area contributed by atoms with Crippen LogP contribution in [0.3, 0.4) is 0 Å². The summed E-state index contributed by atoms with van der Waals surface area (Å²) in [4.78, 5) is 39.3. The van der Waals surface area contributed by atoms with Crippen molar-refractivity contribution in [3.8, 4) is 5.75 Å². The van der Waals surface area contributed by atoms with Crippen molar-refractivity contribution in [1.82, 2.24) is 4.90 Å². The largest absolute Gasteiger partial charge is 0.478 e. The average Bonchev–Trinajstić information content (AvgIpc) is 2.69. The highest BCUT2D eigenvalue weighted by Crippen LogP contribution is 2.38. The van der Waals surface area contributed by atoms with Crippen LogP contribution in [0.5, 0.6) is 5.75 Å². The normalized spacial score (nSPS) is 15.7. The zero-order valence-corrected chi connectivity index (χ0v) is 16.6. The van der Waals surface area contributed by atoms with Crippen LogP contribution in [-0.4, -0.2) is 41.3 Å². The van der Waals surface area contributed by atoms with Crippen LogP contribution in [0.2, 0.25) is 0 Å². The van der Waals surface area contributed by atoms with Gasteiger partial charge in [0.25, 0.3) is 11.6 Å². The predicted molar refractivity (Wildman–Crippen MR) is 108 cm³/mol. The first-order chi connectivity index (χ1) is 13.8. The Morgan fingerprint density at radius 1 is 1.24 bits per heavy atom. The number of rotatable bonds is 6. The summed E-state index contributed by atoms with van der Waals surface area (Å²) < 4.78 is 5.77. The second-order valence-electron chi connectivity index (χ2n) is 7.35. The number of carbonyl (C=O) groups excluding carboxylic acids is 2. The minimum atomic E-state index is -0.754. The van der Waals surface area contributed by atoms with Crippen LogP contribution >= 0.6 is 0 Å². The van der Waals surface area contributed by atoms with Crippen LogP contribution in [0.1, 0.15) is 19.4 Å². The van der Waals surface area contributed by atoms with E-state index in [-0.39, 0.29) is 35.7 Å². The van der Waals surface area contributed by atoms with Gasteiger partial charge < -0.3 is 9.64 Å². The minimum absolute atomic E-state index is 0.120. The molecule has 0 saturated carbocycles. The number of non-ortho nitro benzene ring substituents is 1. The molecule has 8 heteroatoms. The number of benzene rings is 2. The van der Waals surface area contributed by atoms with Crippen molar-refractivity contribution in [2.45, 2.75) is 26.5 Å². The van der Waals surface area contributed by atoms with Gasteiger partial charge in [-0.3, -0.25) is 24.6 Å². The number of anilines is 1. The molecule has 0 bridgehead atoms. The molecule has 0 fully saturated rings. The van der Waals surface area contributed by atoms with Crippen LogP contribution < -0.4 is 9.64 Å². The highest BCUT2D eigenvalue weighted by Gasteiger charge is 2.38. The lowest BCUT2D eigenvalue weighted by Gasteiger charge is -2.36. The Morgan fingerprint density at radius 2 is 1.93 bits per heavy atom. The van der Waals surface area contributed by atoms with Gasteiger partial charge in [0, 0.05) is 25.7 Å². The Kier molecular flexibility index (Phi) is 5.81. The lowest BCUT2D eigenvalue weighted by molar-refractivity contribution is -0.384. The molecule has 0 aliphatic carbocycles. The van der Waals surface area contributed by atoms with E-state index in [4.69, 9.17) is 4.74 Å². The molecule has 1 aliphatic heterocycles. The second-order valence-corrected chi connectivity index (χ2v) is 7.35. The highest BCUT2D eigenvalue weighted by molar-refractivity contribution is 6.04. The molecule has 1 heterocycles. The number of carbonyl (C=O) groups is 2. The molecule has 0 N–H and O–H groups in total. The smallest absolute Gasteiger partial charge is 0.271 e. The number of ether oxygens (including phenoxy) is 1. The maximum Gasteiger partial charge on any atom is 0.271 e. The van der Waals surface area contributed by atoms with Crippen molar-refractivity contribution < 1.29 is 19.2 Å². The van der Waals surface area contributed by atoms with E-state index in [0.29, 0.717) is 12.3 Å². The summed E-state index contributed by atoms with van der Waals surface area (Å²) >= 11 is 0. The lowest BCUT2D eigenvalue weighted by Crippen LogP contribution is -2.51. The summed E-state index contributed by atoms with van der Waals surface area (Å²) in [6.45, 7) is 3.87. The van der Waals surface area contributed by atoms with Gasteiger partial charge >= 0.3 is 0 Å². The van der Waals surface area contributed by atoms with E-state index in [1.54, 1.807) is 7.05 Å². The average molecular weight is 397 g/mol. The Labute approximate surface area is 168 Å². The highest BCUT2D eigenvalue weighted by atomic mass is 16.6. The van der Waals surface area contributed by atoms with E-state index in [9.17, 15) is 19.7 Å². The van der Waals surface area contributed by atoms with Gasteiger partial charge in [-0.25, -0.2) is 0 Å². The summed E-state index contributed by atoms with van der Waals surface area (Å²) in [5, 5.41) is 11.2. The zero-order valence-electron chi connectivity index (χ0n) is 16.6. The number of nitrogens with zero attached hydrogens (tertiary/aromatic N) is 3. The maximum absolute atomic E-state index is 13.0. The first kappa shape index (κ1) is 20.3. The number of fused-ring (bicyclic) bond motifs is 1. The van der Waals surface area contributed by atoms with Gasteiger partial charge in [-0.05, 0) is 17.5 Å². The third-order valence-corrected chi connectivity index (χ3v) is 4.79. The molecule has 29 heavy (non-hydrogen) atoms. The fourth-order valence-electron chi connectivity index (χ4n) is 3.18. The molecule has 3 rings (SSSR count). The van der Waals surface area contributed by atoms with E-state index in [0.717, 1.165) is 5.56 Å². The molecule has 2 amide bonds. The molecule has 0 aromatic heterocycles. The van der Waals surface area contributed by atoms with Gasteiger partial charge in [0.05, 0.1) is 10.6 Å². The summed E-state index contributed by atoms with van der Waals surface area (Å²) in [6, 6.07) is 13.6. The molecule has 2 aromatic rings. The van der Waals surface area contributed by atoms with Gasteiger partial charge in [-0.1, -0.05) is 44.2 Å². The molecule has 0 saturated heterocycles. The number of nitro groups is 1. The van der Waals surface area contributed by atoms with Crippen LogP contribution in [-0.2, 0) is 16.1 Å². The first-order valence-electron chi connectivity index (χ1n) is 9.32. The molecule has 2 aromatic carbocycles. The fraction of sp³-hybridized carbons (Fsp3) is 0.333. The van der Waals surface area contributed by atoms with Gasteiger partial charge in [0.15, 0.2) is 6.10 Å². The summed E-state index contributed by atoms with van der Waals surface area (Å²) in [6.07, 6.45) is -0.754. The summed E-state index contributed by atoms with van der Waals surface area (Å²) in [7, 11) is 1.66. The van der Waals surface area contributed by atoms with Gasteiger partial charge in [-0.15, -0.1) is 0 Å². The van der Waals surface area contributed by atoms with E-state index < -0.39 is 11.0 Å². The Balaban J connectivity index is 1.87. The SMILES string of the molecule is CC(C)C1Oc2ccc([N+](=O)[O-])cc2N(CC(=O)N(C)Cc2ccccc2)C1=O. The first-order valence-corrected chi connectivity index (χ1v) is 9.32. The third kappa shape index (κ3) is 4.37. The predicted octanol–water partition coefficient (Wildman–Crippen LogP) is 3.00. The molecule has 1 unspecified atom stereocenters. The molecule has 1 atom stereocenters. The topological polar surface area (TPSA) is 93.0 Å². The number of hydrogen-bond donors (Lipinski definition) is 0. The van der Waals surface area contributed by atoms with Crippen LogP contribution in [0.4, 0.5) is 11.4 Å². The molecular formula is C21H23N3O5. The number of nitro benzene ring substituents is 1.